The lowest BCUT2D eigenvalue weighted by molar-refractivity contribution is -0.137. The van der Waals surface area contributed by atoms with Gasteiger partial charge in [-0.25, -0.2) is 4.98 Å². The predicted octanol–water partition coefficient (Wildman–Crippen LogP) is 4.19. The lowest BCUT2D eigenvalue weighted by atomic mass is 10.1. The molecule has 0 saturated carbocycles. The molecule has 0 saturated heterocycles. The summed E-state index contributed by atoms with van der Waals surface area (Å²) < 4.78 is 38.2. The Balaban J connectivity index is 1.97. The minimum atomic E-state index is -4.36. The smallest absolute Gasteiger partial charge is 0.416 e. The van der Waals surface area contributed by atoms with E-state index in [1.807, 2.05) is 6.92 Å². The van der Waals surface area contributed by atoms with Gasteiger partial charge in [0.25, 0.3) is 0 Å². The van der Waals surface area contributed by atoms with Crippen LogP contribution in [-0.2, 0) is 12.6 Å². The van der Waals surface area contributed by atoms with Gasteiger partial charge in [-0.1, -0.05) is 24.3 Å². The maximum atomic E-state index is 12.7. The molecule has 114 valence electrons. The van der Waals surface area contributed by atoms with Gasteiger partial charge < -0.3 is 10.1 Å². The Morgan fingerprint density at radius 1 is 1.18 bits per heavy atom. The molecule has 1 heterocycles. The second kappa shape index (κ2) is 5.05. The molecule has 0 fully saturated rings. The fourth-order valence-corrected chi connectivity index (χ4v) is 2.39. The minimum Gasteiger partial charge on any atom is -0.506 e. The number of imidazole rings is 1. The summed E-state index contributed by atoms with van der Waals surface area (Å²) in [6, 6.07) is 8.45. The summed E-state index contributed by atoms with van der Waals surface area (Å²) in [6.07, 6.45) is -4.13. The number of aromatic hydroxyl groups is 1. The molecule has 0 aliphatic rings. The van der Waals surface area contributed by atoms with E-state index >= 15 is 0 Å². The van der Waals surface area contributed by atoms with Crippen molar-refractivity contribution in [2.24, 2.45) is 0 Å². The van der Waals surface area contributed by atoms with E-state index in [0.717, 1.165) is 17.7 Å². The molecule has 0 radical (unpaired) electrons. The van der Waals surface area contributed by atoms with E-state index in [1.54, 1.807) is 18.2 Å². The van der Waals surface area contributed by atoms with E-state index < -0.39 is 11.7 Å². The summed E-state index contributed by atoms with van der Waals surface area (Å²) >= 11 is 0. The van der Waals surface area contributed by atoms with Crippen LogP contribution in [0.3, 0.4) is 0 Å². The van der Waals surface area contributed by atoms with E-state index in [9.17, 15) is 18.3 Å². The van der Waals surface area contributed by atoms with Crippen LogP contribution >= 0.6 is 0 Å². The third-order valence-corrected chi connectivity index (χ3v) is 3.50. The number of phenols is 1. The molecule has 3 rings (SSSR count). The van der Waals surface area contributed by atoms with Gasteiger partial charge in [0.15, 0.2) is 0 Å². The maximum Gasteiger partial charge on any atom is 0.416 e. The molecule has 1 aromatic heterocycles. The number of aromatic nitrogens is 2. The molecular weight excluding hydrogens is 293 g/mol. The van der Waals surface area contributed by atoms with Crippen molar-refractivity contribution in [3.8, 4) is 5.75 Å². The molecule has 3 aromatic rings. The van der Waals surface area contributed by atoms with Crippen LogP contribution in [0.25, 0.3) is 11.0 Å². The van der Waals surface area contributed by atoms with Crippen molar-refractivity contribution < 1.29 is 18.3 Å². The molecular formula is C16H13F3N2O. The lowest BCUT2D eigenvalue weighted by Gasteiger charge is -2.07. The number of benzene rings is 2. The molecule has 2 N–H and O–H groups in total. The molecule has 0 unspecified atom stereocenters. The van der Waals surface area contributed by atoms with Crippen LogP contribution in [0.1, 0.15) is 22.5 Å². The molecule has 22 heavy (non-hydrogen) atoms. The number of rotatable bonds is 2. The summed E-state index contributed by atoms with van der Waals surface area (Å²) in [7, 11) is 0. The number of nitrogens with zero attached hydrogens (tertiary/aromatic N) is 1. The van der Waals surface area contributed by atoms with Gasteiger partial charge in [0.2, 0.25) is 0 Å². The number of fused-ring (bicyclic) bond motifs is 1. The average Bonchev–Trinajstić information content (AvgIpc) is 2.87. The first kappa shape index (κ1) is 14.4. The number of aromatic amines is 1. The Hall–Kier alpha value is -2.50. The van der Waals surface area contributed by atoms with Crippen molar-refractivity contribution in [3.63, 3.8) is 0 Å². The summed E-state index contributed by atoms with van der Waals surface area (Å²) in [4.78, 5) is 7.33. The molecule has 0 aliphatic carbocycles. The Morgan fingerprint density at radius 2 is 1.95 bits per heavy atom. The summed E-state index contributed by atoms with van der Waals surface area (Å²) in [5, 5.41) is 9.81. The Kier molecular flexibility index (Phi) is 3.31. The average molecular weight is 306 g/mol. The van der Waals surface area contributed by atoms with Crippen molar-refractivity contribution >= 4 is 11.0 Å². The number of hydrogen-bond acceptors (Lipinski definition) is 2. The number of hydrogen-bond donors (Lipinski definition) is 2. The molecule has 0 aliphatic heterocycles. The lowest BCUT2D eigenvalue weighted by Crippen LogP contribution is -2.05. The van der Waals surface area contributed by atoms with Crippen LogP contribution in [0.5, 0.6) is 5.75 Å². The van der Waals surface area contributed by atoms with Gasteiger partial charge in [-0.3, -0.25) is 0 Å². The topological polar surface area (TPSA) is 48.9 Å². The van der Waals surface area contributed by atoms with E-state index in [1.165, 1.54) is 6.07 Å². The molecule has 3 nitrogen and oxygen atoms in total. The highest BCUT2D eigenvalue weighted by molar-refractivity contribution is 5.84. The largest absolute Gasteiger partial charge is 0.506 e. The number of nitrogens with one attached hydrogen (secondary N) is 1. The molecule has 0 amide bonds. The number of alkyl halides is 3. The van der Waals surface area contributed by atoms with Crippen LogP contribution in [-0.4, -0.2) is 15.1 Å². The minimum absolute atomic E-state index is 0.0726. The normalized spacial score (nSPS) is 12.0. The zero-order valence-electron chi connectivity index (χ0n) is 11.7. The molecule has 2 aromatic carbocycles. The second-order valence-corrected chi connectivity index (χ2v) is 5.18. The Bertz CT molecular complexity index is 798. The Morgan fingerprint density at radius 3 is 2.64 bits per heavy atom. The van der Waals surface area contributed by atoms with Gasteiger partial charge in [0, 0.05) is 6.42 Å². The number of H-pyrrole nitrogens is 1. The third-order valence-electron chi connectivity index (χ3n) is 3.50. The number of aryl methyl sites for hydroxylation is 1. The highest BCUT2D eigenvalue weighted by atomic mass is 19.4. The third kappa shape index (κ3) is 2.64. The summed E-state index contributed by atoms with van der Waals surface area (Å²) in [5.41, 5.74) is 1.84. The van der Waals surface area contributed by atoms with Gasteiger partial charge in [-0.2, -0.15) is 13.2 Å². The van der Waals surface area contributed by atoms with Crippen LogP contribution < -0.4 is 0 Å². The highest BCUT2D eigenvalue weighted by Gasteiger charge is 2.30. The van der Waals surface area contributed by atoms with Crippen molar-refractivity contribution in [2.75, 3.05) is 0 Å². The van der Waals surface area contributed by atoms with Crippen LogP contribution in [0.4, 0.5) is 13.2 Å². The first-order valence-electron chi connectivity index (χ1n) is 6.68. The number of phenolic OH excluding ortho intramolecular Hbond substituents is 1. The van der Waals surface area contributed by atoms with Gasteiger partial charge in [0.05, 0.1) is 11.1 Å². The molecule has 0 atom stereocenters. The van der Waals surface area contributed by atoms with Gasteiger partial charge in [-0.05, 0) is 30.2 Å². The number of halogens is 3. The summed E-state index contributed by atoms with van der Waals surface area (Å²) in [5.74, 6) is 0.585. The molecule has 6 heteroatoms. The highest BCUT2D eigenvalue weighted by Crippen LogP contribution is 2.30. The monoisotopic (exact) mass is 306 g/mol. The van der Waals surface area contributed by atoms with E-state index in [0.29, 0.717) is 22.4 Å². The molecule has 0 spiro atoms. The van der Waals surface area contributed by atoms with E-state index in [2.05, 4.69) is 9.97 Å². The summed E-state index contributed by atoms with van der Waals surface area (Å²) in [6.45, 7) is 1.86. The zero-order chi connectivity index (χ0) is 15.9. The van der Waals surface area contributed by atoms with Crippen LogP contribution in [0.2, 0.25) is 0 Å². The molecule has 0 bridgehead atoms. The van der Waals surface area contributed by atoms with Crippen molar-refractivity contribution in [2.45, 2.75) is 19.5 Å². The quantitative estimate of drug-likeness (QED) is 0.746. The standard InChI is InChI=1S/C16H13F3N2O/c1-9-5-6-12(22)15-14(9)20-13(21-15)8-10-3-2-4-11(7-10)16(17,18)19/h2-7,22H,8H2,1H3,(H,20,21). The van der Waals surface area contributed by atoms with Crippen molar-refractivity contribution in [3.05, 3.63) is 58.9 Å². The fourth-order valence-electron chi connectivity index (χ4n) is 2.39. The first-order valence-corrected chi connectivity index (χ1v) is 6.68. The van der Waals surface area contributed by atoms with Gasteiger partial charge in [0.1, 0.15) is 17.1 Å². The second-order valence-electron chi connectivity index (χ2n) is 5.18. The Labute approximate surface area is 124 Å². The van der Waals surface area contributed by atoms with E-state index in [4.69, 9.17) is 0 Å². The van der Waals surface area contributed by atoms with Gasteiger partial charge >= 0.3 is 6.18 Å². The fraction of sp³-hybridized carbons (Fsp3) is 0.188. The van der Waals surface area contributed by atoms with E-state index in [-0.39, 0.29) is 12.2 Å². The SMILES string of the molecule is Cc1ccc(O)c2[nH]c(Cc3cccc(C(F)(F)F)c3)nc12. The zero-order valence-corrected chi connectivity index (χ0v) is 11.7. The van der Waals surface area contributed by atoms with Gasteiger partial charge in [-0.15, -0.1) is 0 Å². The van der Waals surface area contributed by atoms with Crippen molar-refractivity contribution in [1.82, 2.24) is 9.97 Å². The van der Waals surface area contributed by atoms with Crippen LogP contribution in [0, 0.1) is 6.92 Å². The van der Waals surface area contributed by atoms with Crippen molar-refractivity contribution in [1.29, 1.82) is 0 Å². The predicted molar refractivity (Wildman–Crippen MR) is 76.7 cm³/mol. The maximum absolute atomic E-state index is 12.7. The van der Waals surface area contributed by atoms with Crippen LogP contribution in [0.15, 0.2) is 36.4 Å². The first-order chi connectivity index (χ1) is 10.3.